The molecule has 1 unspecified atom stereocenters. The summed E-state index contributed by atoms with van der Waals surface area (Å²) in [6.07, 6.45) is -0.841. The molecule has 0 aromatic carbocycles. The first kappa shape index (κ1) is 14.2. The van der Waals surface area contributed by atoms with Gasteiger partial charge in [-0.1, -0.05) is 13.8 Å². The van der Waals surface area contributed by atoms with Gasteiger partial charge in [0, 0.05) is 7.11 Å². The number of ether oxygens (including phenoxy) is 1. The van der Waals surface area contributed by atoms with Gasteiger partial charge in [0.15, 0.2) is 0 Å². The van der Waals surface area contributed by atoms with E-state index in [0.717, 1.165) is 0 Å². The van der Waals surface area contributed by atoms with Crippen molar-refractivity contribution in [3.8, 4) is 0 Å². The Morgan fingerprint density at radius 1 is 1.56 bits per heavy atom. The zero-order valence-electron chi connectivity index (χ0n) is 10.6. The highest BCUT2D eigenvalue weighted by molar-refractivity contribution is 5.71. The van der Waals surface area contributed by atoms with Crippen molar-refractivity contribution >= 4 is 11.8 Å². The maximum absolute atomic E-state index is 11.7. The van der Waals surface area contributed by atoms with Gasteiger partial charge in [0.05, 0.1) is 12.0 Å². The van der Waals surface area contributed by atoms with Crippen molar-refractivity contribution in [2.45, 2.75) is 26.4 Å². The molecule has 1 atom stereocenters. The molecule has 7 nitrogen and oxygen atoms in total. The number of aromatic amines is 1. The Hall–Kier alpha value is -1.89. The van der Waals surface area contributed by atoms with E-state index in [0.29, 0.717) is 5.82 Å². The maximum atomic E-state index is 11.7. The molecule has 4 N–H and O–H groups in total. The summed E-state index contributed by atoms with van der Waals surface area (Å²) in [6.45, 7) is 3.82. The monoisotopic (exact) mass is 255 g/mol. The van der Waals surface area contributed by atoms with Crippen LogP contribution in [0.15, 0.2) is 4.79 Å². The molecule has 1 aromatic heterocycles. The van der Waals surface area contributed by atoms with Crippen molar-refractivity contribution in [3.63, 3.8) is 0 Å². The molecule has 1 rings (SSSR count). The molecule has 0 aliphatic heterocycles. The summed E-state index contributed by atoms with van der Waals surface area (Å²) >= 11 is 0. The number of carboxylic acids is 1. The van der Waals surface area contributed by atoms with E-state index in [-0.39, 0.29) is 23.4 Å². The number of nitrogen functional groups attached to an aromatic ring is 1. The van der Waals surface area contributed by atoms with Crippen LogP contribution in [0.3, 0.4) is 0 Å². The number of aliphatic carboxylic acids is 1. The minimum Gasteiger partial charge on any atom is -0.481 e. The molecule has 0 spiro atoms. The Kier molecular flexibility index (Phi) is 4.43. The molecule has 0 radical (unpaired) electrons. The van der Waals surface area contributed by atoms with Gasteiger partial charge < -0.3 is 20.6 Å². The summed E-state index contributed by atoms with van der Waals surface area (Å²) < 4.78 is 5.22. The second-order valence-corrected chi connectivity index (χ2v) is 4.29. The van der Waals surface area contributed by atoms with Gasteiger partial charge in [0.1, 0.15) is 17.7 Å². The maximum Gasteiger partial charge on any atom is 0.308 e. The lowest BCUT2D eigenvalue weighted by molar-refractivity contribution is -0.136. The van der Waals surface area contributed by atoms with Gasteiger partial charge in [-0.15, -0.1) is 0 Å². The second kappa shape index (κ2) is 5.63. The SMILES string of the molecule is COC(c1nc(N)c(CC(=O)O)c(=O)[nH]1)C(C)C. The number of methoxy groups -OCH3 is 1. The summed E-state index contributed by atoms with van der Waals surface area (Å²) in [5, 5.41) is 8.67. The summed E-state index contributed by atoms with van der Waals surface area (Å²) in [4.78, 5) is 28.9. The van der Waals surface area contributed by atoms with Gasteiger partial charge in [-0.25, -0.2) is 4.98 Å². The van der Waals surface area contributed by atoms with E-state index in [2.05, 4.69) is 9.97 Å². The molecule has 7 heteroatoms. The Morgan fingerprint density at radius 2 is 2.17 bits per heavy atom. The van der Waals surface area contributed by atoms with Crippen LogP contribution < -0.4 is 11.3 Å². The number of aromatic nitrogens is 2. The number of nitrogens with two attached hydrogens (primary N) is 1. The van der Waals surface area contributed by atoms with Crippen molar-refractivity contribution < 1.29 is 14.6 Å². The van der Waals surface area contributed by atoms with Gasteiger partial charge in [0.25, 0.3) is 5.56 Å². The topological polar surface area (TPSA) is 118 Å². The molecule has 0 amide bonds. The zero-order chi connectivity index (χ0) is 13.9. The number of hydrogen-bond acceptors (Lipinski definition) is 5. The molecule has 1 heterocycles. The Labute approximate surface area is 104 Å². The van der Waals surface area contributed by atoms with E-state index in [1.807, 2.05) is 13.8 Å². The van der Waals surface area contributed by atoms with E-state index >= 15 is 0 Å². The molecule has 0 fully saturated rings. The molecule has 0 saturated carbocycles. The second-order valence-electron chi connectivity index (χ2n) is 4.29. The number of carboxylic acid groups (broad SMARTS) is 1. The Morgan fingerprint density at radius 3 is 2.56 bits per heavy atom. The van der Waals surface area contributed by atoms with E-state index in [1.54, 1.807) is 0 Å². The van der Waals surface area contributed by atoms with Crippen molar-refractivity contribution in [1.82, 2.24) is 9.97 Å². The number of H-pyrrole nitrogens is 1. The van der Waals surface area contributed by atoms with Gasteiger partial charge in [0.2, 0.25) is 0 Å². The van der Waals surface area contributed by atoms with Crippen molar-refractivity contribution in [3.05, 3.63) is 21.7 Å². The fourth-order valence-electron chi connectivity index (χ4n) is 1.69. The van der Waals surface area contributed by atoms with Gasteiger partial charge in [-0.3, -0.25) is 9.59 Å². The summed E-state index contributed by atoms with van der Waals surface area (Å²) in [6, 6.07) is 0. The van der Waals surface area contributed by atoms with Crippen molar-refractivity contribution in [2.24, 2.45) is 5.92 Å². The Bertz CT molecular complexity index is 496. The first-order valence-electron chi connectivity index (χ1n) is 5.50. The van der Waals surface area contributed by atoms with E-state index in [4.69, 9.17) is 15.6 Å². The van der Waals surface area contributed by atoms with Gasteiger partial charge in [-0.05, 0) is 5.92 Å². The summed E-state index contributed by atoms with van der Waals surface area (Å²) in [5.74, 6) is -0.792. The third-order valence-electron chi connectivity index (χ3n) is 2.52. The quantitative estimate of drug-likeness (QED) is 0.697. The fourth-order valence-corrected chi connectivity index (χ4v) is 1.69. The highest BCUT2D eigenvalue weighted by Gasteiger charge is 2.20. The van der Waals surface area contributed by atoms with Crippen molar-refractivity contribution in [2.75, 3.05) is 12.8 Å². The van der Waals surface area contributed by atoms with E-state index in [1.165, 1.54) is 7.11 Å². The van der Waals surface area contributed by atoms with Crippen LogP contribution in [0.1, 0.15) is 31.3 Å². The summed E-state index contributed by atoms with van der Waals surface area (Å²) in [5.41, 5.74) is 5.04. The average molecular weight is 255 g/mol. The zero-order valence-corrected chi connectivity index (χ0v) is 10.6. The predicted molar refractivity (Wildman–Crippen MR) is 65.2 cm³/mol. The van der Waals surface area contributed by atoms with Crippen LogP contribution in [0.5, 0.6) is 0 Å². The average Bonchev–Trinajstić information content (AvgIpc) is 2.23. The summed E-state index contributed by atoms with van der Waals surface area (Å²) in [7, 11) is 1.51. The largest absolute Gasteiger partial charge is 0.481 e. The van der Waals surface area contributed by atoms with Gasteiger partial charge in [-0.2, -0.15) is 0 Å². The van der Waals surface area contributed by atoms with E-state index in [9.17, 15) is 9.59 Å². The predicted octanol–water partition coefficient (Wildman–Crippen LogP) is 0.323. The van der Waals surface area contributed by atoms with Gasteiger partial charge >= 0.3 is 5.97 Å². The van der Waals surface area contributed by atoms with Crippen LogP contribution in [0.2, 0.25) is 0 Å². The molecule has 18 heavy (non-hydrogen) atoms. The number of hydrogen-bond donors (Lipinski definition) is 3. The van der Waals surface area contributed by atoms with Crippen LogP contribution in [-0.2, 0) is 16.0 Å². The first-order valence-corrected chi connectivity index (χ1v) is 5.50. The Balaban J connectivity index is 3.21. The third-order valence-corrected chi connectivity index (χ3v) is 2.52. The van der Waals surface area contributed by atoms with Crippen LogP contribution in [-0.4, -0.2) is 28.2 Å². The molecular formula is C11H17N3O4. The smallest absolute Gasteiger partial charge is 0.308 e. The minimum atomic E-state index is -1.13. The van der Waals surface area contributed by atoms with E-state index < -0.39 is 17.9 Å². The number of nitrogens with one attached hydrogen (secondary N) is 1. The molecule has 0 aliphatic rings. The lowest BCUT2D eigenvalue weighted by Gasteiger charge is -2.18. The van der Waals surface area contributed by atoms with Crippen LogP contribution in [0, 0.1) is 5.92 Å². The van der Waals surface area contributed by atoms with Crippen LogP contribution >= 0.6 is 0 Å². The lowest BCUT2D eigenvalue weighted by Crippen LogP contribution is -2.25. The molecule has 0 saturated heterocycles. The third kappa shape index (κ3) is 3.07. The number of anilines is 1. The normalized spacial score (nSPS) is 12.7. The van der Waals surface area contributed by atoms with Crippen LogP contribution in [0.25, 0.3) is 0 Å². The number of carbonyl (C=O) groups is 1. The fraction of sp³-hybridized carbons (Fsp3) is 0.545. The van der Waals surface area contributed by atoms with Crippen molar-refractivity contribution in [1.29, 1.82) is 0 Å². The standard InChI is InChI=1S/C11H17N3O4/c1-5(2)8(18-3)10-13-9(12)6(4-7(15)16)11(17)14-10/h5,8H,4H2,1-3H3,(H,15,16)(H3,12,13,14,17). The van der Waals surface area contributed by atoms with Crippen LogP contribution in [0.4, 0.5) is 5.82 Å². The minimum absolute atomic E-state index is 0.0372. The first-order chi connectivity index (χ1) is 8.36. The molecule has 1 aromatic rings. The molecule has 100 valence electrons. The highest BCUT2D eigenvalue weighted by atomic mass is 16.5. The number of rotatable bonds is 5. The molecule has 0 bridgehead atoms. The number of nitrogens with zero attached hydrogens (tertiary/aromatic N) is 1. The molecular weight excluding hydrogens is 238 g/mol. The lowest BCUT2D eigenvalue weighted by atomic mass is 10.1. The highest BCUT2D eigenvalue weighted by Crippen LogP contribution is 2.21. The molecule has 0 aliphatic carbocycles.